The van der Waals surface area contributed by atoms with Gasteiger partial charge in [-0.05, 0) is 36.5 Å². The van der Waals surface area contributed by atoms with E-state index in [4.69, 9.17) is 10.5 Å². The van der Waals surface area contributed by atoms with E-state index in [-0.39, 0.29) is 5.82 Å². The van der Waals surface area contributed by atoms with Gasteiger partial charge < -0.3 is 15.6 Å². The minimum absolute atomic E-state index is 0.227. The molecule has 0 bridgehead atoms. The van der Waals surface area contributed by atoms with E-state index in [1.54, 1.807) is 6.07 Å². The normalized spacial score (nSPS) is 34.8. The summed E-state index contributed by atoms with van der Waals surface area (Å²) in [5, 5.41) is 11.1. The minimum Gasteiger partial charge on any atom is -0.384 e. The second-order valence-electron chi connectivity index (χ2n) is 5.41. The number of hydrogen-bond acceptors (Lipinski definition) is 3. The molecular formula is C14H18FNO2. The van der Waals surface area contributed by atoms with Crippen molar-refractivity contribution in [2.75, 3.05) is 19.8 Å². The molecule has 0 radical (unpaired) electrons. The molecule has 2 aliphatic rings. The maximum absolute atomic E-state index is 13.8. The fourth-order valence-electron chi connectivity index (χ4n) is 3.45. The third-order valence-corrected chi connectivity index (χ3v) is 4.67. The van der Waals surface area contributed by atoms with Gasteiger partial charge in [-0.15, -0.1) is 0 Å². The number of fused-ring (bicyclic) bond motifs is 1. The standard InChI is InChI=1S/C14H18FNO2/c15-12-3-1-2-11-10(12)4-5-14(11,17)13(8-16)6-7-18-9-13/h1-3,17H,4-9,16H2. The molecule has 1 aromatic carbocycles. The number of benzene rings is 1. The summed E-state index contributed by atoms with van der Waals surface area (Å²) in [4.78, 5) is 0. The predicted molar refractivity (Wildman–Crippen MR) is 65.5 cm³/mol. The second kappa shape index (κ2) is 4.02. The maximum atomic E-state index is 13.8. The molecule has 2 atom stereocenters. The van der Waals surface area contributed by atoms with Gasteiger partial charge in [-0.2, -0.15) is 0 Å². The van der Waals surface area contributed by atoms with E-state index in [2.05, 4.69) is 0 Å². The summed E-state index contributed by atoms with van der Waals surface area (Å²) >= 11 is 0. The molecule has 1 aliphatic carbocycles. The van der Waals surface area contributed by atoms with Crippen LogP contribution in [0.25, 0.3) is 0 Å². The summed E-state index contributed by atoms with van der Waals surface area (Å²) in [6.45, 7) is 1.43. The number of nitrogens with two attached hydrogens (primary N) is 1. The third-order valence-electron chi connectivity index (χ3n) is 4.67. The highest BCUT2D eigenvalue weighted by Gasteiger charge is 2.55. The SMILES string of the molecule is NCC1(C2(O)CCc3c(F)cccc32)CCOC1. The third kappa shape index (κ3) is 1.40. The Hall–Kier alpha value is -0.970. The summed E-state index contributed by atoms with van der Waals surface area (Å²) in [6.07, 6.45) is 1.83. The zero-order valence-electron chi connectivity index (χ0n) is 10.3. The fourth-order valence-corrected chi connectivity index (χ4v) is 3.45. The number of ether oxygens (including phenoxy) is 1. The van der Waals surface area contributed by atoms with Crippen LogP contribution in [0.3, 0.4) is 0 Å². The van der Waals surface area contributed by atoms with Crippen molar-refractivity contribution < 1.29 is 14.2 Å². The first-order valence-electron chi connectivity index (χ1n) is 6.41. The molecule has 1 aromatic rings. The highest BCUT2D eigenvalue weighted by Crippen LogP contribution is 2.52. The van der Waals surface area contributed by atoms with Crippen LogP contribution in [0.5, 0.6) is 0 Å². The molecule has 1 heterocycles. The molecule has 2 unspecified atom stereocenters. The first kappa shape index (κ1) is 12.1. The summed E-state index contributed by atoms with van der Waals surface area (Å²) in [6, 6.07) is 4.93. The summed E-state index contributed by atoms with van der Waals surface area (Å²) < 4.78 is 19.2. The smallest absolute Gasteiger partial charge is 0.126 e. The largest absolute Gasteiger partial charge is 0.384 e. The zero-order valence-corrected chi connectivity index (χ0v) is 10.3. The van der Waals surface area contributed by atoms with Gasteiger partial charge in [-0.1, -0.05) is 12.1 Å². The minimum atomic E-state index is -1.05. The van der Waals surface area contributed by atoms with Crippen LogP contribution in [0.15, 0.2) is 18.2 Å². The Morgan fingerprint density at radius 2 is 2.22 bits per heavy atom. The lowest BCUT2D eigenvalue weighted by atomic mass is 9.68. The van der Waals surface area contributed by atoms with Gasteiger partial charge in [-0.3, -0.25) is 0 Å². The molecule has 18 heavy (non-hydrogen) atoms. The molecule has 0 saturated carbocycles. The molecule has 4 heteroatoms. The van der Waals surface area contributed by atoms with Crippen molar-refractivity contribution in [3.05, 3.63) is 35.1 Å². The Bertz CT molecular complexity index is 471. The molecule has 3 N–H and O–H groups in total. The van der Waals surface area contributed by atoms with Crippen LogP contribution in [-0.4, -0.2) is 24.9 Å². The van der Waals surface area contributed by atoms with Gasteiger partial charge in [-0.25, -0.2) is 4.39 Å². The molecule has 3 nitrogen and oxygen atoms in total. The first-order chi connectivity index (χ1) is 8.63. The lowest BCUT2D eigenvalue weighted by Gasteiger charge is -2.41. The quantitative estimate of drug-likeness (QED) is 0.833. The van der Waals surface area contributed by atoms with Gasteiger partial charge in [0.05, 0.1) is 12.2 Å². The van der Waals surface area contributed by atoms with Crippen molar-refractivity contribution in [2.24, 2.45) is 11.1 Å². The fraction of sp³-hybridized carbons (Fsp3) is 0.571. The molecule has 1 fully saturated rings. The molecule has 0 amide bonds. The average molecular weight is 251 g/mol. The number of rotatable bonds is 2. The maximum Gasteiger partial charge on any atom is 0.126 e. The lowest BCUT2D eigenvalue weighted by Crippen LogP contribution is -2.49. The number of aliphatic hydroxyl groups is 1. The van der Waals surface area contributed by atoms with Gasteiger partial charge in [0, 0.05) is 18.6 Å². The Balaban J connectivity index is 2.11. The van der Waals surface area contributed by atoms with Crippen molar-refractivity contribution in [2.45, 2.75) is 24.9 Å². The highest BCUT2D eigenvalue weighted by atomic mass is 19.1. The summed E-state index contributed by atoms with van der Waals surface area (Å²) in [5.74, 6) is -0.227. The van der Waals surface area contributed by atoms with E-state index in [9.17, 15) is 9.50 Å². The Kier molecular flexibility index (Phi) is 2.70. The molecule has 0 aromatic heterocycles. The van der Waals surface area contributed by atoms with Gasteiger partial charge in [0.15, 0.2) is 0 Å². The van der Waals surface area contributed by atoms with Gasteiger partial charge in [0.2, 0.25) is 0 Å². The molecule has 1 saturated heterocycles. The van der Waals surface area contributed by atoms with Crippen LogP contribution in [0.4, 0.5) is 4.39 Å². The summed E-state index contributed by atoms with van der Waals surface area (Å²) in [7, 11) is 0. The van der Waals surface area contributed by atoms with Gasteiger partial charge in [0.25, 0.3) is 0 Å². The molecule has 3 rings (SSSR count). The Morgan fingerprint density at radius 3 is 2.89 bits per heavy atom. The number of hydrogen-bond donors (Lipinski definition) is 2. The van der Waals surface area contributed by atoms with Crippen molar-refractivity contribution in [1.29, 1.82) is 0 Å². The molecule has 0 spiro atoms. The average Bonchev–Trinajstić information content (AvgIpc) is 2.98. The van der Waals surface area contributed by atoms with E-state index in [0.29, 0.717) is 43.7 Å². The molecule has 1 aliphatic heterocycles. The monoisotopic (exact) mass is 251 g/mol. The second-order valence-corrected chi connectivity index (χ2v) is 5.41. The predicted octanol–water partition coefficient (Wildman–Crippen LogP) is 1.32. The highest BCUT2D eigenvalue weighted by molar-refractivity contribution is 5.40. The van der Waals surface area contributed by atoms with Crippen molar-refractivity contribution >= 4 is 0 Å². The zero-order chi connectivity index (χ0) is 12.8. The van der Waals surface area contributed by atoms with Gasteiger partial charge in [0.1, 0.15) is 5.82 Å². The van der Waals surface area contributed by atoms with Crippen molar-refractivity contribution in [3.8, 4) is 0 Å². The Labute approximate surface area is 106 Å². The Morgan fingerprint density at radius 1 is 1.39 bits per heavy atom. The van der Waals surface area contributed by atoms with E-state index in [1.807, 2.05) is 6.07 Å². The van der Waals surface area contributed by atoms with Crippen LogP contribution in [0.2, 0.25) is 0 Å². The van der Waals surface area contributed by atoms with E-state index in [0.717, 1.165) is 6.42 Å². The van der Waals surface area contributed by atoms with Crippen LogP contribution in [-0.2, 0) is 16.8 Å². The molecule has 98 valence electrons. The van der Waals surface area contributed by atoms with Crippen molar-refractivity contribution in [1.82, 2.24) is 0 Å². The number of halogens is 1. The van der Waals surface area contributed by atoms with Crippen molar-refractivity contribution in [3.63, 3.8) is 0 Å². The van der Waals surface area contributed by atoms with E-state index < -0.39 is 11.0 Å². The lowest BCUT2D eigenvalue weighted by molar-refractivity contribution is -0.0881. The van der Waals surface area contributed by atoms with Crippen LogP contribution in [0.1, 0.15) is 24.0 Å². The molecular weight excluding hydrogens is 233 g/mol. The topological polar surface area (TPSA) is 55.5 Å². The van der Waals surface area contributed by atoms with E-state index >= 15 is 0 Å². The first-order valence-corrected chi connectivity index (χ1v) is 6.41. The van der Waals surface area contributed by atoms with E-state index in [1.165, 1.54) is 6.07 Å². The van der Waals surface area contributed by atoms with Crippen LogP contribution >= 0.6 is 0 Å². The van der Waals surface area contributed by atoms with Crippen LogP contribution < -0.4 is 5.73 Å². The van der Waals surface area contributed by atoms with Gasteiger partial charge >= 0.3 is 0 Å². The summed E-state index contributed by atoms with van der Waals surface area (Å²) in [5.41, 5.74) is 5.73. The van der Waals surface area contributed by atoms with Crippen LogP contribution in [0, 0.1) is 11.2 Å².